The zero-order valence-corrected chi connectivity index (χ0v) is 23.3. The number of thioether (sulfide) groups is 1. The van der Waals surface area contributed by atoms with Crippen LogP contribution in [0.1, 0.15) is 50.7 Å². The van der Waals surface area contributed by atoms with Gasteiger partial charge in [0.2, 0.25) is 0 Å². The molecule has 0 aliphatic carbocycles. The molecule has 1 amide bonds. The minimum absolute atomic E-state index is 0.0458. The molecule has 0 unspecified atom stereocenters. The number of carbonyl (C=O) groups is 2. The largest absolute Gasteiger partial charge is 0.411 e. The summed E-state index contributed by atoms with van der Waals surface area (Å²) in [6, 6.07) is 8.94. The molecular formula is C25H33N5O4SSi. The van der Waals surface area contributed by atoms with Crippen molar-refractivity contribution in [3.63, 3.8) is 0 Å². The molecule has 1 aromatic carbocycles. The van der Waals surface area contributed by atoms with E-state index in [0.29, 0.717) is 34.7 Å². The van der Waals surface area contributed by atoms with E-state index in [0.717, 1.165) is 0 Å². The van der Waals surface area contributed by atoms with Crippen LogP contribution in [0.2, 0.25) is 18.1 Å². The van der Waals surface area contributed by atoms with Gasteiger partial charge < -0.3 is 14.5 Å². The number of ether oxygens (including phenoxy) is 1. The van der Waals surface area contributed by atoms with Gasteiger partial charge in [0.1, 0.15) is 12.6 Å². The molecule has 1 aliphatic heterocycles. The van der Waals surface area contributed by atoms with Crippen LogP contribution in [0.3, 0.4) is 0 Å². The summed E-state index contributed by atoms with van der Waals surface area (Å²) in [6.45, 7) is 12.6. The zero-order chi connectivity index (χ0) is 26.1. The molecule has 11 heteroatoms. The first kappa shape index (κ1) is 26.5. The minimum atomic E-state index is -2.07. The number of nitrogens with zero attached hydrogens (tertiary/aromatic N) is 4. The molecule has 2 aromatic heterocycles. The first-order valence-corrected chi connectivity index (χ1v) is 15.9. The quantitative estimate of drug-likeness (QED) is 0.426. The van der Waals surface area contributed by atoms with E-state index in [4.69, 9.17) is 9.16 Å². The molecule has 0 radical (unpaired) electrons. The Morgan fingerprint density at radius 2 is 1.92 bits per heavy atom. The summed E-state index contributed by atoms with van der Waals surface area (Å²) in [5, 5.41) is 2.93. The van der Waals surface area contributed by atoms with Gasteiger partial charge in [-0.25, -0.2) is 15.0 Å². The molecule has 1 fully saturated rings. The fraction of sp³-hybridized carbons (Fsp3) is 0.480. The normalized spacial score (nSPS) is 20.6. The number of imidazole rings is 1. The van der Waals surface area contributed by atoms with E-state index in [1.165, 1.54) is 18.1 Å². The third-order valence-electron chi connectivity index (χ3n) is 6.82. The number of benzene rings is 1. The van der Waals surface area contributed by atoms with Crippen LogP contribution in [0, 0.1) is 0 Å². The maximum Gasteiger partial charge on any atom is 0.256 e. The standard InChI is InChI=1S/C25H33N5O4SSi/c1-16(31)35-13-19-18(34-36(5,6)25(2,3)4)12-20(33-19)30-15-28-21-22(26-14-27-23(21)30)29-24(32)17-10-8-7-9-11-17/h7-11,14-15,18-20H,12-13H2,1-6H3,(H,26,27,29,32)/t18-,19+,20+/m0/s1. The van der Waals surface area contributed by atoms with E-state index in [-0.39, 0.29) is 34.5 Å². The van der Waals surface area contributed by atoms with Gasteiger partial charge in [-0.3, -0.25) is 14.2 Å². The van der Waals surface area contributed by atoms with Crippen molar-refractivity contribution in [2.75, 3.05) is 11.1 Å². The molecule has 1 saturated heterocycles. The van der Waals surface area contributed by atoms with Crippen LogP contribution in [-0.4, -0.2) is 56.8 Å². The van der Waals surface area contributed by atoms with Crippen molar-refractivity contribution in [1.82, 2.24) is 19.5 Å². The van der Waals surface area contributed by atoms with Crippen molar-refractivity contribution >= 4 is 48.1 Å². The van der Waals surface area contributed by atoms with Crippen molar-refractivity contribution in [1.29, 1.82) is 0 Å². The maximum absolute atomic E-state index is 12.7. The Kier molecular flexibility index (Phi) is 7.65. The summed E-state index contributed by atoms with van der Waals surface area (Å²) in [7, 11) is -2.07. The average Bonchev–Trinajstić information content (AvgIpc) is 3.41. The predicted octanol–water partition coefficient (Wildman–Crippen LogP) is 5.04. The third kappa shape index (κ3) is 5.69. The highest BCUT2D eigenvalue weighted by Crippen LogP contribution is 2.42. The molecule has 0 bridgehead atoms. The van der Waals surface area contributed by atoms with Crippen molar-refractivity contribution in [2.45, 2.75) is 70.7 Å². The van der Waals surface area contributed by atoms with Crippen LogP contribution in [0.25, 0.3) is 11.2 Å². The molecule has 3 atom stereocenters. The Bertz CT molecular complexity index is 1240. The molecule has 192 valence electrons. The van der Waals surface area contributed by atoms with Crippen LogP contribution in [-0.2, 0) is 14.0 Å². The van der Waals surface area contributed by atoms with Gasteiger partial charge in [0.25, 0.3) is 5.91 Å². The summed E-state index contributed by atoms with van der Waals surface area (Å²) < 4.78 is 15.0. The summed E-state index contributed by atoms with van der Waals surface area (Å²) in [5.41, 5.74) is 1.57. The van der Waals surface area contributed by atoms with Gasteiger partial charge in [-0.15, -0.1) is 0 Å². The summed E-state index contributed by atoms with van der Waals surface area (Å²) >= 11 is 1.25. The Balaban J connectivity index is 1.59. The van der Waals surface area contributed by atoms with Gasteiger partial charge >= 0.3 is 0 Å². The number of nitrogens with one attached hydrogen (secondary N) is 1. The first-order chi connectivity index (χ1) is 17.0. The summed E-state index contributed by atoms with van der Waals surface area (Å²) in [4.78, 5) is 37.5. The topological polar surface area (TPSA) is 108 Å². The molecule has 0 saturated carbocycles. The van der Waals surface area contributed by atoms with Gasteiger partial charge in [0.05, 0.1) is 18.5 Å². The predicted molar refractivity (Wildman–Crippen MR) is 143 cm³/mol. The van der Waals surface area contributed by atoms with Crippen LogP contribution in [0.4, 0.5) is 5.82 Å². The van der Waals surface area contributed by atoms with Crippen molar-refractivity contribution in [3.05, 3.63) is 48.5 Å². The van der Waals surface area contributed by atoms with E-state index < -0.39 is 8.32 Å². The lowest BCUT2D eigenvalue weighted by Gasteiger charge is -2.39. The SMILES string of the molecule is CC(=O)SC[C@H]1O[C@@H](n2cnc3c(NC(=O)c4ccccc4)ncnc32)C[C@@H]1O[Si](C)(C)C(C)(C)C. The third-order valence-corrected chi connectivity index (χ3v) is 12.2. The molecule has 9 nitrogen and oxygen atoms in total. The van der Waals surface area contributed by atoms with Crippen LogP contribution in [0.15, 0.2) is 43.0 Å². The molecule has 3 aromatic rings. The zero-order valence-electron chi connectivity index (χ0n) is 21.5. The Labute approximate surface area is 216 Å². The van der Waals surface area contributed by atoms with Crippen molar-refractivity contribution < 1.29 is 18.8 Å². The second-order valence-corrected chi connectivity index (χ2v) is 16.4. The highest BCUT2D eigenvalue weighted by Gasteiger charge is 2.45. The number of amides is 1. The monoisotopic (exact) mass is 527 g/mol. The smallest absolute Gasteiger partial charge is 0.256 e. The van der Waals surface area contributed by atoms with Crippen LogP contribution < -0.4 is 5.32 Å². The van der Waals surface area contributed by atoms with Gasteiger partial charge in [-0.1, -0.05) is 50.7 Å². The van der Waals surface area contributed by atoms with Crippen LogP contribution in [0.5, 0.6) is 0 Å². The number of fused-ring (bicyclic) bond motifs is 1. The van der Waals surface area contributed by atoms with Gasteiger partial charge in [-0.2, -0.15) is 0 Å². The lowest BCUT2D eigenvalue weighted by atomic mass is 10.2. The van der Waals surface area contributed by atoms with E-state index in [1.807, 2.05) is 10.6 Å². The number of hydrogen-bond donors (Lipinski definition) is 1. The fourth-order valence-corrected chi connectivity index (χ4v) is 5.87. The lowest BCUT2D eigenvalue weighted by Crippen LogP contribution is -2.46. The van der Waals surface area contributed by atoms with E-state index in [9.17, 15) is 9.59 Å². The van der Waals surface area contributed by atoms with E-state index in [2.05, 4.69) is 54.1 Å². The molecule has 1 N–H and O–H groups in total. The first-order valence-electron chi connectivity index (χ1n) is 12.0. The maximum atomic E-state index is 12.7. The Morgan fingerprint density at radius 1 is 1.19 bits per heavy atom. The molecule has 1 aliphatic rings. The second-order valence-electron chi connectivity index (χ2n) is 10.5. The highest BCUT2D eigenvalue weighted by atomic mass is 32.2. The Morgan fingerprint density at radius 3 is 2.58 bits per heavy atom. The molecule has 0 spiro atoms. The average molecular weight is 528 g/mol. The molecule has 36 heavy (non-hydrogen) atoms. The number of rotatable bonds is 7. The molecule has 3 heterocycles. The minimum Gasteiger partial charge on any atom is -0.411 e. The fourth-order valence-electron chi connectivity index (χ4n) is 3.82. The molecular weight excluding hydrogens is 494 g/mol. The summed E-state index contributed by atoms with van der Waals surface area (Å²) in [5.74, 6) is 0.584. The van der Waals surface area contributed by atoms with Gasteiger partial charge in [-0.05, 0) is 30.3 Å². The Hall–Kier alpha value is -2.60. The molecule has 4 rings (SSSR count). The number of aromatic nitrogens is 4. The van der Waals surface area contributed by atoms with Gasteiger partial charge in [0.15, 0.2) is 30.4 Å². The van der Waals surface area contributed by atoms with E-state index >= 15 is 0 Å². The number of carbonyl (C=O) groups excluding carboxylic acids is 2. The van der Waals surface area contributed by atoms with Crippen molar-refractivity contribution in [2.24, 2.45) is 0 Å². The summed E-state index contributed by atoms with van der Waals surface area (Å²) in [6.07, 6.45) is 2.91. The van der Waals surface area contributed by atoms with E-state index in [1.54, 1.807) is 37.5 Å². The second kappa shape index (κ2) is 10.4. The number of hydrogen-bond acceptors (Lipinski definition) is 8. The van der Waals surface area contributed by atoms with Crippen molar-refractivity contribution in [3.8, 4) is 0 Å². The van der Waals surface area contributed by atoms with Gasteiger partial charge in [0, 0.05) is 24.7 Å². The lowest BCUT2D eigenvalue weighted by molar-refractivity contribution is -0.109. The van der Waals surface area contributed by atoms with Crippen LogP contribution >= 0.6 is 11.8 Å². The highest BCUT2D eigenvalue weighted by molar-refractivity contribution is 8.13. The number of anilines is 1.